The first-order chi connectivity index (χ1) is 10.2. The molecule has 0 fully saturated rings. The smallest absolute Gasteiger partial charge is 0.127 e. The first kappa shape index (κ1) is 13.4. The Labute approximate surface area is 124 Å². The van der Waals surface area contributed by atoms with Crippen LogP contribution in [0.5, 0.6) is 0 Å². The van der Waals surface area contributed by atoms with Crippen molar-refractivity contribution in [2.24, 2.45) is 7.05 Å². The maximum absolute atomic E-state index is 9.54. The van der Waals surface area contributed by atoms with Gasteiger partial charge in [-0.15, -0.1) is 0 Å². The minimum atomic E-state index is -0.231. The van der Waals surface area contributed by atoms with E-state index in [9.17, 15) is 5.26 Å². The highest BCUT2D eigenvalue weighted by atomic mass is 15.1. The zero-order chi connectivity index (χ0) is 14.8. The first-order valence-corrected chi connectivity index (χ1v) is 7.05. The fourth-order valence-corrected chi connectivity index (χ4v) is 2.63. The monoisotopic (exact) mass is 275 g/mol. The van der Waals surface area contributed by atoms with Gasteiger partial charge in [-0.25, -0.2) is 4.98 Å². The van der Waals surface area contributed by atoms with Crippen LogP contribution in [0.2, 0.25) is 0 Å². The van der Waals surface area contributed by atoms with E-state index in [1.54, 1.807) is 0 Å². The molecule has 1 aromatic heterocycles. The van der Waals surface area contributed by atoms with Gasteiger partial charge in [0.05, 0.1) is 17.1 Å². The Morgan fingerprint density at radius 2 is 1.86 bits per heavy atom. The Morgan fingerprint density at radius 1 is 1.14 bits per heavy atom. The van der Waals surface area contributed by atoms with Crippen LogP contribution in [0.3, 0.4) is 0 Å². The number of fused-ring (bicyclic) bond motifs is 1. The van der Waals surface area contributed by atoms with Crippen molar-refractivity contribution in [1.29, 1.82) is 5.26 Å². The number of hydrogen-bond donors (Lipinski definition) is 0. The average molecular weight is 275 g/mol. The number of nitrogens with zero attached hydrogens (tertiary/aromatic N) is 3. The lowest BCUT2D eigenvalue weighted by atomic mass is 9.99. The fourth-order valence-electron chi connectivity index (χ4n) is 2.63. The second-order valence-corrected chi connectivity index (χ2v) is 5.39. The van der Waals surface area contributed by atoms with Gasteiger partial charge in [-0.05, 0) is 31.0 Å². The molecule has 0 spiro atoms. The van der Waals surface area contributed by atoms with Crippen LogP contribution in [0.25, 0.3) is 11.0 Å². The van der Waals surface area contributed by atoms with E-state index in [1.807, 2.05) is 35.9 Å². The first-order valence-electron chi connectivity index (χ1n) is 7.05. The topological polar surface area (TPSA) is 41.6 Å². The van der Waals surface area contributed by atoms with Crippen LogP contribution in [0.1, 0.15) is 22.9 Å². The second-order valence-electron chi connectivity index (χ2n) is 5.39. The summed E-state index contributed by atoms with van der Waals surface area (Å²) in [5, 5.41) is 9.54. The van der Waals surface area contributed by atoms with Crippen molar-refractivity contribution in [3.05, 3.63) is 65.5 Å². The van der Waals surface area contributed by atoms with Crippen LogP contribution in [0, 0.1) is 18.3 Å². The van der Waals surface area contributed by atoms with Crippen LogP contribution in [0.4, 0.5) is 0 Å². The van der Waals surface area contributed by atoms with E-state index in [-0.39, 0.29) is 5.92 Å². The van der Waals surface area contributed by atoms with Crippen molar-refractivity contribution in [1.82, 2.24) is 9.55 Å². The highest BCUT2D eigenvalue weighted by Gasteiger charge is 2.18. The SMILES string of the molecule is Cc1ccc(CC(C#N)c2nc3ccccc3n2C)cc1. The normalized spacial score (nSPS) is 12.2. The maximum atomic E-state index is 9.54. The zero-order valence-electron chi connectivity index (χ0n) is 12.2. The lowest BCUT2D eigenvalue weighted by Gasteiger charge is -2.09. The highest BCUT2D eigenvalue weighted by molar-refractivity contribution is 5.76. The predicted molar refractivity (Wildman–Crippen MR) is 84.0 cm³/mol. The van der Waals surface area contributed by atoms with Crippen molar-refractivity contribution in [3.63, 3.8) is 0 Å². The second kappa shape index (κ2) is 5.41. The van der Waals surface area contributed by atoms with Crippen molar-refractivity contribution < 1.29 is 0 Å². The molecule has 2 aromatic carbocycles. The van der Waals surface area contributed by atoms with Gasteiger partial charge in [0.1, 0.15) is 11.7 Å². The summed E-state index contributed by atoms with van der Waals surface area (Å²) >= 11 is 0. The third kappa shape index (κ3) is 2.53. The number of imidazole rings is 1. The number of para-hydroxylation sites is 2. The Morgan fingerprint density at radius 3 is 2.52 bits per heavy atom. The van der Waals surface area contributed by atoms with Gasteiger partial charge >= 0.3 is 0 Å². The molecule has 0 amide bonds. The largest absolute Gasteiger partial charge is 0.330 e. The number of rotatable bonds is 3. The molecule has 3 rings (SSSR count). The lowest BCUT2D eigenvalue weighted by molar-refractivity contribution is 0.725. The summed E-state index contributed by atoms with van der Waals surface area (Å²) in [7, 11) is 1.98. The van der Waals surface area contributed by atoms with Crippen molar-refractivity contribution in [2.45, 2.75) is 19.3 Å². The minimum Gasteiger partial charge on any atom is -0.330 e. The molecule has 1 heterocycles. The molecule has 3 nitrogen and oxygen atoms in total. The van der Waals surface area contributed by atoms with Crippen LogP contribution in [0.15, 0.2) is 48.5 Å². The summed E-state index contributed by atoms with van der Waals surface area (Å²) in [4.78, 5) is 4.64. The number of aryl methyl sites for hydroxylation is 2. The molecule has 0 aliphatic carbocycles. The van der Waals surface area contributed by atoms with Crippen molar-refractivity contribution in [3.8, 4) is 6.07 Å². The molecule has 104 valence electrons. The number of nitriles is 1. The van der Waals surface area contributed by atoms with E-state index >= 15 is 0 Å². The lowest BCUT2D eigenvalue weighted by Crippen LogP contribution is -2.07. The zero-order valence-corrected chi connectivity index (χ0v) is 12.2. The Kier molecular flexibility index (Phi) is 3.45. The third-order valence-corrected chi connectivity index (χ3v) is 3.85. The Hall–Kier alpha value is -2.60. The van der Waals surface area contributed by atoms with E-state index < -0.39 is 0 Å². The van der Waals surface area contributed by atoms with Crippen LogP contribution in [-0.2, 0) is 13.5 Å². The molecule has 3 aromatic rings. The highest BCUT2D eigenvalue weighted by Crippen LogP contribution is 2.23. The van der Waals surface area contributed by atoms with Gasteiger partial charge in [-0.1, -0.05) is 42.0 Å². The van der Waals surface area contributed by atoms with Gasteiger partial charge in [0.2, 0.25) is 0 Å². The average Bonchev–Trinajstić information content (AvgIpc) is 2.84. The predicted octanol–water partition coefficient (Wildman–Crippen LogP) is 3.73. The Balaban J connectivity index is 1.97. The molecule has 1 atom stereocenters. The van der Waals surface area contributed by atoms with Crippen LogP contribution < -0.4 is 0 Å². The summed E-state index contributed by atoms with van der Waals surface area (Å²) in [5.41, 5.74) is 4.41. The molecular weight excluding hydrogens is 258 g/mol. The molecule has 0 saturated heterocycles. The third-order valence-electron chi connectivity index (χ3n) is 3.85. The van der Waals surface area contributed by atoms with Crippen molar-refractivity contribution >= 4 is 11.0 Å². The Bertz CT molecular complexity index is 807. The maximum Gasteiger partial charge on any atom is 0.127 e. The molecule has 21 heavy (non-hydrogen) atoms. The molecule has 0 aliphatic heterocycles. The molecule has 0 bridgehead atoms. The van der Waals surface area contributed by atoms with Gasteiger partial charge in [-0.2, -0.15) is 5.26 Å². The number of aromatic nitrogens is 2. The van der Waals surface area contributed by atoms with Crippen molar-refractivity contribution in [2.75, 3.05) is 0 Å². The van der Waals surface area contributed by atoms with Gasteiger partial charge in [0, 0.05) is 7.05 Å². The van der Waals surface area contributed by atoms with Gasteiger partial charge in [0.25, 0.3) is 0 Å². The van der Waals surface area contributed by atoms with Crippen LogP contribution in [-0.4, -0.2) is 9.55 Å². The number of benzene rings is 2. The summed E-state index contributed by atoms with van der Waals surface area (Å²) in [6.45, 7) is 2.07. The summed E-state index contributed by atoms with van der Waals surface area (Å²) in [6, 6.07) is 18.7. The standard InChI is InChI=1S/C18H17N3/c1-13-7-9-14(10-8-13)11-15(12-19)18-20-16-5-3-4-6-17(16)21(18)2/h3-10,15H,11H2,1-2H3. The molecule has 0 N–H and O–H groups in total. The van der Waals surface area contributed by atoms with Crippen LogP contribution >= 0.6 is 0 Å². The molecule has 0 aliphatic rings. The van der Waals surface area contributed by atoms with Gasteiger partial charge < -0.3 is 4.57 Å². The number of hydrogen-bond acceptors (Lipinski definition) is 2. The van der Waals surface area contributed by atoms with E-state index in [2.05, 4.69) is 42.2 Å². The molecule has 0 saturated carbocycles. The fraction of sp³-hybridized carbons (Fsp3) is 0.222. The molecule has 0 radical (unpaired) electrons. The van der Waals surface area contributed by atoms with Gasteiger partial charge in [-0.3, -0.25) is 0 Å². The van der Waals surface area contributed by atoms with E-state index in [1.165, 1.54) is 11.1 Å². The van der Waals surface area contributed by atoms with E-state index in [0.29, 0.717) is 6.42 Å². The summed E-state index contributed by atoms with van der Waals surface area (Å²) in [5.74, 6) is 0.601. The molecule has 1 unspecified atom stereocenters. The summed E-state index contributed by atoms with van der Waals surface area (Å²) < 4.78 is 2.03. The van der Waals surface area contributed by atoms with E-state index in [4.69, 9.17) is 0 Å². The molecular formula is C18H17N3. The minimum absolute atomic E-state index is 0.231. The molecule has 3 heteroatoms. The van der Waals surface area contributed by atoms with Gasteiger partial charge in [0.15, 0.2) is 0 Å². The summed E-state index contributed by atoms with van der Waals surface area (Å²) in [6.07, 6.45) is 0.688. The quantitative estimate of drug-likeness (QED) is 0.730. The van der Waals surface area contributed by atoms with E-state index in [0.717, 1.165) is 16.9 Å².